The zero-order valence-corrected chi connectivity index (χ0v) is 11.2. The summed E-state index contributed by atoms with van der Waals surface area (Å²) in [6.07, 6.45) is 0. The fraction of sp³-hybridized carbons (Fsp3) is 0.375. The minimum atomic E-state index is -3.29. The molecule has 0 aliphatic rings. The molecular weight excluding hydrogens is 302 g/mol. The molecule has 0 unspecified atom stereocenters. The molecule has 84 valence electrons. The summed E-state index contributed by atoms with van der Waals surface area (Å²) < 4.78 is 25.2. The number of ketones is 1. The van der Waals surface area contributed by atoms with E-state index in [2.05, 4.69) is 20.7 Å². The summed E-state index contributed by atoms with van der Waals surface area (Å²) in [6, 6.07) is 3.42. The van der Waals surface area contributed by atoms with E-state index in [9.17, 15) is 13.2 Å². The first-order chi connectivity index (χ1) is 6.94. The average Bonchev–Trinajstić information content (AvgIpc) is 2.61. The summed E-state index contributed by atoms with van der Waals surface area (Å²) in [5.74, 6) is -0.239. The van der Waals surface area contributed by atoms with Crippen molar-refractivity contribution in [3.63, 3.8) is 0 Å². The molecule has 1 heterocycles. The van der Waals surface area contributed by atoms with Crippen LogP contribution >= 0.6 is 27.3 Å². The standard InChI is InChI=1S/C8H10BrNO3S2/c1-2-15(12,13)10-5-6(11)7-3-4-8(9)14-7/h3-4,10H,2,5H2,1H3. The van der Waals surface area contributed by atoms with Crippen LogP contribution in [0.3, 0.4) is 0 Å². The van der Waals surface area contributed by atoms with Crippen molar-refractivity contribution >= 4 is 43.1 Å². The van der Waals surface area contributed by atoms with E-state index in [0.717, 1.165) is 3.79 Å². The normalized spacial score (nSPS) is 11.6. The monoisotopic (exact) mass is 311 g/mol. The Labute approximate surface area is 101 Å². The van der Waals surface area contributed by atoms with E-state index in [0.29, 0.717) is 4.88 Å². The number of halogens is 1. The van der Waals surface area contributed by atoms with Crippen molar-refractivity contribution in [1.82, 2.24) is 4.72 Å². The Hall–Kier alpha value is -0.240. The molecule has 4 nitrogen and oxygen atoms in total. The van der Waals surface area contributed by atoms with E-state index in [1.807, 2.05) is 0 Å². The highest BCUT2D eigenvalue weighted by Gasteiger charge is 2.12. The van der Waals surface area contributed by atoms with Gasteiger partial charge in [0.15, 0.2) is 5.78 Å². The second kappa shape index (κ2) is 5.20. The van der Waals surface area contributed by atoms with Gasteiger partial charge in [-0.25, -0.2) is 13.1 Å². The summed E-state index contributed by atoms with van der Waals surface area (Å²) in [7, 11) is -3.29. The van der Waals surface area contributed by atoms with E-state index in [4.69, 9.17) is 0 Å². The van der Waals surface area contributed by atoms with Gasteiger partial charge in [-0.2, -0.15) is 0 Å². The van der Waals surface area contributed by atoms with Gasteiger partial charge in [0.05, 0.1) is 21.0 Å². The molecule has 7 heteroatoms. The topological polar surface area (TPSA) is 63.2 Å². The molecule has 1 aromatic heterocycles. The van der Waals surface area contributed by atoms with E-state index in [1.54, 1.807) is 12.1 Å². The van der Waals surface area contributed by atoms with Crippen molar-refractivity contribution in [1.29, 1.82) is 0 Å². The van der Waals surface area contributed by atoms with Gasteiger partial charge in [0, 0.05) is 0 Å². The molecule has 0 bridgehead atoms. The number of hydrogen-bond donors (Lipinski definition) is 1. The molecule has 0 atom stereocenters. The molecule has 1 aromatic rings. The summed E-state index contributed by atoms with van der Waals surface area (Å²) in [5, 5.41) is 0. The third-order valence-electron chi connectivity index (χ3n) is 1.68. The van der Waals surface area contributed by atoms with Crippen molar-refractivity contribution in [3.05, 3.63) is 20.8 Å². The lowest BCUT2D eigenvalue weighted by Crippen LogP contribution is -2.30. The van der Waals surface area contributed by atoms with E-state index in [1.165, 1.54) is 18.3 Å². The summed E-state index contributed by atoms with van der Waals surface area (Å²) in [6.45, 7) is 1.34. The van der Waals surface area contributed by atoms with Crippen LogP contribution in [-0.2, 0) is 10.0 Å². The average molecular weight is 312 g/mol. The quantitative estimate of drug-likeness (QED) is 0.841. The number of rotatable bonds is 5. The van der Waals surface area contributed by atoms with Crippen LogP contribution in [0, 0.1) is 0 Å². The number of nitrogens with one attached hydrogen (secondary N) is 1. The molecular formula is C8H10BrNO3S2. The molecule has 0 amide bonds. The first kappa shape index (κ1) is 12.8. The number of carbonyl (C=O) groups excluding carboxylic acids is 1. The zero-order valence-electron chi connectivity index (χ0n) is 7.99. The van der Waals surface area contributed by atoms with E-state index < -0.39 is 10.0 Å². The minimum absolute atomic E-state index is 0.0194. The number of Topliss-reactive ketones (excluding diaryl/α,β-unsaturated/α-hetero) is 1. The van der Waals surface area contributed by atoms with Crippen LogP contribution in [0.25, 0.3) is 0 Å². The number of carbonyl (C=O) groups is 1. The molecule has 0 aromatic carbocycles. The van der Waals surface area contributed by atoms with E-state index in [-0.39, 0.29) is 18.1 Å². The predicted molar refractivity (Wildman–Crippen MR) is 63.8 cm³/mol. The summed E-state index contributed by atoms with van der Waals surface area (Å²) >= 11 is 4.52. The highest BCUT2D eigenvalue weighted by Crippen LogP contribution is 2.22. The summed E-state index contributed by atoms with van der Waals surface area (Å²) in [5.41, 5.74) is 0. The van der Waals surface area contributed by atoms with E-state index >= 15 is 0 Å². The van der Waals surface area contributed by atoms with Crippen LogP contribution in [0.2, 0.25) is 0 Å². The Bertz CT molecular complexity index is 452. The maximum atomic E-state index is 11.5. The summed E-state index contributed by atoms with van der Waals surface area (Å²) in [4.78, 5) is 12.0. The van der Waals surface area contributed by atoms with Gasteiger partial charge in [0.2, 0.25) is 10.0 Å². The van der Waals surface area contributed by atoms with Gasteiger partial charge < -0.3 is 0 Å². The molecule has 0 spiro atoms. The van der Waals surface area contributed by atoms with Crippen LogP contribution < -0.4 is 4.72 Å². The van der Waals surface area contributed by atoms with Crippen molar-refractivity contribution < 1.29 is 13.2 Å². The Morgan fingerprint density at radius 3 is 2.67 bits per heavy atom. The maximum absolute atomic E-state index is 11.5. The first-order valence-corrected chi connectivity index (χ1v) is 7.46. The number of hydrogen-bond acceptors (Lipinski definition) is 4. The largest absolute Gasteiger partial charge is 0.292 e. The maximum Gasteiger partial charge on any atom is 0.211 e. The fourth-order valence-corrected chi connectivity index (χ4v) is 2.71. The molecule has 0 fully saturated rings. The van der Waals surface area contributed by atoms with Crippen LogP contribution in [0.5, 0.6) is 0 Å². The molecule has 0 aliphatic carbocycles. The lowest BCUT2D eigenvalue weighted by molar-refractivity contribution is 0.100. The Balaban J connectivity index is 2.58. The van der Waals surface area contributed by atoms with Crippen LogP contribution in [0.15, 0.2) is 15.9 Å². The smallest absolute Gasteiger partial charge is 0.211 e. The highest BCUT2D eigenvalue weighted by molar-refractivity contribution is 9.11. The highest BCUT2D eigenvalue weighted by atomic mass is 79.9. The van der Waals surface area contributed by atoms with Gasteiger partial charge >= 0.3 is 0 Å². The Morgan fingerprint density at radius 2 is 2.20 bits per heavy atom. The SMILES string of the molecule is CCS(=O)(=O)NCC(=O)c1ccc(Br)s1. The molecule has 1 N–H and O–H groups in total. The van der Waals surface area contributed by atoms with Crippen LogP contribution in [0.4, 0.5) is 0 Å². The molecule has 0 radical (unpaired) electrons. The Kier molecular flexibility index (Phi) is 4.45. The van der Waals surface area contributed by atoms with Gasteiger partial charge in [-0.3, -0.25) is 4.79 Å². The first-order valence-electron chi connectivity index (χ1n) is 4.20. The van der Waals surface area contributed by atoms with Gasteiger partial charge in [-0.1, -0.05) is 0 Å². The Morgan fingerprint density at radius 1 is 1.53 bits per heavy atom. The van der Waals surface area contributed by atoms with Gasteiger partial charge in [0.25, 0.3) is 0 Å². The third-order valence-corrected chi connectivity index (χ3v) is 4.69. The third kappa shape index (κ3) is 4.02. The van der Waals surface area contributed by atoms with Crippen LogP contribution in [-0.4, -0.2) is 26.5 Å². The number of thiophene rings is 1. The van der Waals surface area contributed by atoms with Gasteiger partial charge in [-0.15, -0.1) is 11.3 Å². The molecule has 0 saturated heterocycles. The van der Waals surface area contributed by atoms with Crippen molar-refractivity contribution in [3.8, 4) is 0 Å². The molecule has 0 aliphatic heterocycles. The van der Waals surface area contributed by atoms with Crippen molar-refractivity contribution in [2.24, 2.45) is 0 Å². The lowest BCUT2D eigenvalue weighted by Gasteiger charge is -2.01. The lowest BCUT2D eigenvalue weighted by atomic mass is 10.3. The van der Waals surface area contributed by atoms with Gasteiger partial charge in [0.1, 0.15) is 0 Å². The fourth-order valence-electron chi connectivity index (χ4n) is 0.829. The second-order valence-electron chi connectivity index (χ2n) is 2.75. The zero-order chi connectivity index (χ0) is 11.5. The molecule has 0 saturated carbocycles. The van der Waals surface area contributed by atoms with Gasteiger partial charge in [-0.05, 0) is 35.0 Å². The predicted octanol–water partition coefficient (Wildman–Crippen LogP) is 1.63. The van der Waals surface area contributed by atoms with Crippen molar-refractivity contribution in [2.75, 3.05) is 12.3 Å². The van der Waals surface area contributed by atoms with Crippen LogP contribution in [0.1, 0.15) is 16.6 Å². The van der Waals surface area contributed by atoms with Crippen molar-refractivity contribution in [2.45, 2.75) is 6.92 Å². The molecule has 15 heavy (non-hydrogen) atoms. The minimum Gasteiger partial charge on any atom is -0.292 e. The number of sulfonamides is 1. The molecule has 1 rings (SSSR count). The second-order valence-corrected chi connectivity index (χ2v) is 7.31.